The van der Waals surface area contributed by atoms with Crippen LogP contribution in [0.1, 0.15) is 145 Å². The lowest BCUT2D eigenvalue weighted by molar-refractivity contribution is 0.0304. The van der Waals surface area contributed by atoms with Crippen molar-refractivity contribution in [1.82, 2.24) is 0 Å². The van der Waals surface area contributed by atoms with Crippen LogP contribution in [0.2, 0.25) is 0 Å². The maximum absolute atomic E-state index is 10.2. The van der Waals surface area contributed by atoms with Gasteiger partial charge < -0.3 is 0 Å². The summed E-state index contributed by atoms with van der Waals surface area (Å²) in [7, 11) is 0. The van der Waals surface area contributed by atoms with Gasteiger partial charge in [-0.15, -0.1) is 0 Å². The molecule has 1 aromatic rings. The van der Waals surface area contributed by atoms with Crippen LogP contribution < -0.4 is 0 Å². The van der Waals surface area contributed by atoms with Gasteiger partial charge in [0.1, 0.15) is 12.1 Å². The maximum atomic E-state index is 10.2. The Morgan fingerprint density at radius 2 is 1.47 bits per heavy atom. The molecule has 2 bridgehead atoms. The van der Waals surface area contributed by atoms with Gasteiger partial charge in [-0.2, -0.15) is 10.5 Å². The Kier molecular flexibility index (Phi) is 7.30. The molecule has 1 aromatic carbocycles. The summed E-state index contributed by atoms with van der Waals surface area (Å²) in [4.78, 5) is 0. The second-order valence-corrected chi connectivity index (χ2v) is 11.4. The third kappa shape index (κ3) is 4.36. The Hall–Kier alpha value is -1.80. The van der Waals surface area contributed by atoms with Crippen LogP contribution in [0.15, 0.2) is 12.1 Å². The zero-order valence-corrected chi connectivity index (χ0v) is 20.5. The fraction of sp³-hybridized carbons (Fsp3) is 0.733. The van der Waals surface area contributed by atoms with Crippen LogP contribution in [0.4, 0.5) is 0 Å². The van der Waals surface area contributed by atoms with Gasteiger partial charge in [-0.1, -0.05) is 58.1 Å². The van der Waals surface area contributed by atoms with Crippen LogP contribution in [0, 0.1) is 34.0 Å². The molecule has 4 aliphatic rings. The van der Waals surface area contributed by atoms with Gasteiger partial charge in [-0.05, 0) is 104 Å². The summed E-state index contributed by atoms with van der Waals surface area (Å²) in [5.41, 5.74) is 4.52. The number of nitrogens with zero attached hydrogens (tertiary/aromatic N) is 2. The lowest BCUT2D eigenvalue weighted by Crippen LogP contribution is -2.44. The van der Waals surface area contributed by atoms with Crippen LogP contribution in [-0.2, 0) is 5.41 Å². The van der Waals surface area contributed by atoms with Crippen molar-refractivity contribution < 1.29 is 0 Å². The van der Waals surface area contributed by atoms with E-state index in [9.17, 15) is 10.5 Å². The van der Waals surface area contributed by atoms with Crippen LogP contribution in [-0.4, -0.2) is 0 Å². The van der Waals surface area contributed by atoms with Crippen LogP contribution in [0.5, 0.6) is 0 Å². The minimum absolute atomic E-state index is 0.139. The van der Waals surface area contributed by atoms with Crippen molar-refractivity contribution >= 4 is 0 Å². The summed E-state index contributed by atoms with van der Waals surface area (Å²) < 4.78 is 0. The van der Waals surface area contributed by atoms with Gasteiger partial charge in [-0.25, -0.2) is 0 Å². The molecule has 0 unspecified atom stereocenters. The molecule has 0 aromatic heterocycles. The second-order valence-electron chi connectivity index (χ2n) is 11.4. The predicted octanol–water partition coefficient (Wildman–Crippen LogP) is 8.68. The molecular formula is C30H42N2. The second kappa shape index (κ2) is 10.00. The van der Waals surface area contributed by atoms with E-state index >= 15 is 0 Å². The van der Waals surface area contributed by atoms with Crippen molar-refractivity contribution in [2.75, 3.05) is 0 Å². The molecule has 4 aliphatic carbocycles. The predicted molar refractivity (Wildman–Crippen MR) is 131 cm³/mol. The van der Waals surface area contributed by atoms with Crippen LogP contribution in [0.25, 0.3) is 0 Å². The molecule has 2 heteroatoms. The van der Waals surface area contributed by atoms with Crippen LogP contribution >= 0.6 is 0 Å². The first kappa shape index (κ1) is 23.4. The van der Waals surface area contributed by atoms with Crippen molar-refractivity contribution in [1.29, 1.82) is 10.5 Å². The molecule has 0 aliphatic heterocycles. The number of benzene rings is 1. The zero-order valence-electron chi connectivity index (χ0n) is 20.5. The number of fused-ring (bicyclic) bond motifs is 3. The minimum atomic E-state index is 0.139. The van der Waals surface area contributed by atoms with Crippen molar-refractivity contribution in [3.05, 3.63) is 34.4 Å². The Morgan fingerprint density at radius 3 is 2.03 bits per heavy atom. The lowest BCUT2D eigenvalue weighted by Gasteiger charge is -2.54. The standard InChI is InChI=1S/C30H42N2/c1-3-5-6-14-29-15-18-30(19-16-29,20-17-29)28-13-12-25(26(21-31)27(28)22-32)24-10-8-23(7-4-2)9-11-24/h12-13,23-24H,3-11,14-20H2,1-2H3. The highest BCUT2D eigenvalue weighted by molar-refractivity contribution is 5.58. The quantitative estimate of drug-likeness (QED) is 0.387. The van der Waals surface area contributed by atoms with E-state index in [-0.39, 0.29) is 5.41 Å². The number of unbranched alkanes of at least 4 members (excludes halogenated alkanes) is 2. The Morgan fingerprint density at radius 1 is 0.812 bits per heavy atom. The van der Waals surface area contributed by atoms with Crippen molar-refractivity contribution in [3.8, 4) is 12.1 Å². The molecule has 0 atom stereocenters. The van der Waals surface area contributed by atoms with Gasteiger partial charge in [0, 0.05) is 0 Å². The highest BCUT2D eigenvalue weighted by Crippen LogP contribution is 2.60. The van der Waals surface area contributed by atoms with E-state index in [1.54, 1.807) is 0 Å². The van der Waals surface area contributed by atoms with Gasteiger partial charge in [-0.3, -0.25) is 0 Å². The minimum Gasteiger partial charge on any atom is -0.192 e. The molecule has 172 valence electrons. The summed E-state index contributed by atoms with van der Waals surface area (Å²) in [6.45, 7) is 4.57. The molecule has 2 nitrogen and oxygen atoms in total. The average Bonchev–Trinajstić information content (AvgIpc) is 2.85. The monoisotopic (exact) mass is 430 g/mol. The van der Waals surface area contributed by atoms with Crippen molar-refractivity contribution in [2.24, 2.45) is 11.3 Å². The third-order valence-corrected chi connectivity index (χ3v) is 9.73. The molecule has 0 spiro atoms. The van der Waals surface area contributed by atoms with E-state index in [0.717, 1.165) is 11.5 Å². The zero-order chi connectivity index (χ0) is 22.6. The lowest BCUT2D eigenvalue weighted by atomic mass is 9.50. The highest BCUT2D eigenvalue weighted by Gasteiger charge is 2.49. The Labute approximate surface area is 196 Å². The summed E-state index contributed by atoms with van der Waals surface area (Å²) in [5, 5.41) is 20.4. The molecule has 0 heterocycles. The van der Waals surface area contributed by atoms with Crippen molar-refractivity contribution in [3.63, 3.8) is 0 Å². The van der Waals surface area contributed by atoms with E-state index in [2.05, 4.69) is 38.1 Å². The van der Waals surface area contributed by atoms with Crippen LogP contribution in [0.3, 0.4) is 0 Å². The van der Waals surface area contributed by atoms with E-state index < -0.39 is 0 Å². The first-order valence-electron chi connectivity index (χ1n) is 13.6. The topological polar surface area (TPSA) is 47.6 Å². The Bertz CT molecular complexity index is 851. The first-order chi connectivity index (χ1) is 15.6. The first-order valence-corrected chi connectivity index (χ1v) is 13.6. The van der Waals surface area contributed by atoms with E-state index in [0.29, 0.717) is 16.9 Å². The summed E-state index contributed by atoms with van der Waals surface area (Å²) in [5.74, 6) is 1.32. The summed E-state index contributed by atoms with van der Waals surface area (Å²) in [6, 6.07) is 9.56. The molecule has 4 fully saturated rings. The normalized spacial score (nSPS) is 31.8. The molecule has 0 saturated heterocycles. The molecule has 0 N–H and O–H groups in total. The summed E-state index contributed by atoms with van der Waals surface area (Å²) >= 11 is 0. The molecular weight excluding hydrogens is 388 g/mol. The average molecular weight is 431 g/mol. The smallest absolute Gasteiger partial charge is 0.101 e. The number of hydrogen-bond acceptors (Lipinski definition) is 2. The van der Waals surface area contributed by atoms with Gasteiger partial charge in [0.05, 0.1) is 11.1 Å². The highest BCUT2D eigenvalue weighted by atomic mass is 14.5. The van der Waals surface area contributed by atoms with Crippen molar-refractivity contribution in [2.45, 2.75) is 128 Å². The van der Waals surface area contributed by atoms with Gasteiger partial charge in [0.15, 0.2) is 0 Å². The number of nitriles is 2. The fourth-order valence-corrected chi connectivity index (χ4v) is 7.60. The largest absolute Gasteiger partial charge is 0.192 e. The number of rotatable bonds is 8. The molecule has 32 heavy (non-hydrogen) atoms. The molecule has 0 amide bonds. The summed E-state index contributed by atoms with van der Waals surface area (Å²) in [6.07, 6.45) is 20.5. The maximum Gasteiger partial charge on any atom is 0.101 e. The third-order valence-electron chi connectivity index (χ3n) is 9.73. The van der Waals surface area contributed by atoms with Gasteiger partial charge >= 0.3 is 0 Å². The van der Waals surface area contributed by atoms with Gasteiger partial charge in [0.25, 0.3) is 0 Å². The van der Waals surface area contributed by atoms with E-state index in [4.69, 9.17) is 0 Å². The molecule has 4 saturated carbocycles. The Balaban J connectivity index is 1.55. The van der Waals surface area contributed by atoms with E-state index in [1.807, 2.05) is 0 Å². The van der Waals surface area contributed by atoms with E-state index in [1.165, 1.54) is 114 Å². The van der Waals surface area contributed by atoms with Gasteiger partial charge in [0.2, 0.25) is 0 Å². The fourth-order valence-electron chi connectivity index (χ4n) is 7.60. The molecule has 5 rings (SSSR count). The molecule has 0 radical (unpaired) electrons. The number of hydrogen-bond donors (Lipinski definition) is 0. The SMILES string of the molecule is CCCCCC12CCC(c3ccc(C4CCC(CCC)CC4)c(C#N)c3C#N)(CC1)CC2.